The average molecular weight is 565 g/mol. The lowest BCUT2D eigenvalue weighted by atomic mass is 9.89. The molecule has 0 saturated carbocycles. The maximum atomic E-state index is 14.3. The summed E-state index contributed by atoms with van der Waals surface area (Å²) in [5.74, 6) is 4.96. The van der Waals surface area contributed by atoms with Gasteiger partial charge in [-0.2, -0.15) is 0 Å². The normalized spacial score (nSPS) is 17.6. The number of hydrogen-bond donors (Lipinski definition) is 1. The van der Waals surface area contributed by atoms with Crippen molar-refractivity contribution in [3.8, 4) is 5.75 Å². The smallest absolute Gasteiger partial charge is 0.118 e. The molecule has 0 amide bonds. The van der Waals surface area contributed by atoms with Gasteiger partial charge in [-0.3, -0.25) is 4.21 Å². The van der Waals surface area contributed by atoms with E-state index in [0.29, 0.717) is 16.2 Å². The van der Waals surface area contributed by atoms with E-state index in [1.54, 1.807) is 18.5 Å². The number of aromatic nitrogens is 1. The summed E-state index contributed by atoms with van der Waals surface area (Å²) in [5, 5.41) is 2.57. The molecule has 2 rings (SSSR count). The van der Waals surface area contributed by atoms with Gasteiger partial charge in [0.2, 0.25) is 0 Å². The van der Waals surface area contributed by atoms with Crippen molar-refractivity contribution in [2.75, 3.05) is 14.2 Å². The first-order valence-corrected chi connectivity index (χ1v) is 14.6. The highest BCUT2D eigenvalue weighted by Crippen LogP contribution is 2.42. The second-order valence-corrected chi connectivity index (χ2v) is 15.9. The van der Waals surface area contributed by atoms with Crippen molar-refractivity contribution in [2.45, 2.75) is 63.1 Å². The minimum atomic E-state index is -2.88. The number of halogens is 1. The number of hydrogen-bond acceptors (Lipinski definition) is 5. The van der Waals surface area contributed by atoms with Crippen molar-refractivity contribution in [3.05, 3.63) is 44.8 Å². The molecule has 1 aromatic heterocycles. The quantitative estimate of drug-likeness (QED) is 0.448. The molecular weight excluding hydrogens is 530 g/mol. The third-order valence-corrected chi connectivity index (χ3v) is 12.4. The largest absolute Gasteiger partial charge is 0.497 e. The van der Waals surface area contributed by atoms with Gasteiger partial charge in [-0.15, -0.1) is 11.3 Å². The van der Waals surface area contributed by atoms with Gasteiger partial charge >= 0.3 is 0 Å². The fourth-order valence-electron chi connectivity index (χ4n) is 3.05. The summed E-state index contributed by atoms with van der Waals surface area (Å²) >= 11 is 4.85. The fraction of sp³-hybridized carbons (Fsp3) is 0.545. The summed E-state index contributed by atoms with van der Waals surface area (Å²) in [6.45, 7) is 11.9. The summed E-state index contributed by atoms with van der Waals surface area (Å²) in [4.78, 5) is 4.61. The zero-order chi connectivity index (χ0) is 24.5. The summed E-state index contributed by atoms with van der Waals surface area (Å²) in [6, 6.07) is 7.65. The Morgan fingerprint density at radius 2 is 1.78 bits per heavy atom. The van der Waals surface area contributed by atoms with Crippen molar-refractivity contribution in [3.63, 3.8) is 0 Å². The van der Waals surface area contributed by atoms with Crippen LogP contribution in [0.4, 0.5) is 0 Å². The Hall–Kier alpha value is -0.780. The van der Waals surface area contributed by atoms with Crippen molar-refractivity contribution in [1.29, 1.82) is 0 Å². The molecule has 1 aromatic carbocycles. The number of nitrogens with one attached hydrogen (secondary N) is 1. The summed E-state index contributed by atoms with van der Waals surface area (Å²) in [6.07, 6.45) is 0. The molecule has 0 saturated heterocycles. The van der Waals surface area contributed by atoms with Crippen LogP contribution in [0.2, 0.25) is 0 Å². The topological polar surface area (TPSA) is 71.5 Å². The van der Waals surface area contributed by atoms with Crippen LogP contribution in [-0.2, 0) is 32.8 Å². The molecule has 0 aliphatic heterocycles. The molecule has 2 unspecified atom stereocenters. The number of methoxy groups -OCH3 is 1. The van der Waals surface area contributed by atoms with E-state index in [0.717, 1.165) is 11.3 Å². The lowest BCUT2D eigenvalue weighted by Crippen LogP contribution is -2.63. The molecule has 180 valence electrons. The molecule has 0 radical (unpaired) electrons. The standard InChI is InChI=1S/C22H34BrN3O3S3/c1-20(2,3)31(27)25-22(6,19-24-18(23)15-30-19)21(4,5)32(9,28)26(7)14-16-10-12-17(29-8)13-11-16/h10-13,15,25H,9,14H2,1-8H3/t22?,31-,32?/m0/s1. The molecule has 3 atom stereocenters. The number of benzene rings is 1. The second-order valence-electron chi connectivity index (χ2n) is 9.37. The van der Waals surface area contributed by atoms with E-state index in [9.17, 15) is 8.42 Å². The SMILES string of the molecule is C=S(=O)(N(C)Cc1ccc(OC)cc1)C(C)(C)C(C)(N[S@@](=O)C(C)(C)C)c1nc(Br)cs1. The Labute approximate surface area is 208 Å². The first-order valence-electron chi connectivity index (χ1n) is 10.1. The van der Waals surface area contributed by atoms with Gasteiger partial charge in [-0.05, 0) is 88.1 Å². The lowest BCUT2D eigenvalue weighted by Gasteiger charge is -2.47. The van der Waals surface area contributed by atoms with Crippen LogP contribution in [-0.4, -0.2) is 47.2 Å². The molecular formula is C22H34BrN3O3S3. The second kappa shape index (κ2) is 9.84. The molecule has 10 heteroatoms. The highest BCUT2D eigenvalue weighted by Gasteiger charge is 2.53. The van der Waals surface area contributed by atoms with Gasteiger partial charge in [0.1, 0.15) is 15.4 Å². The average Bonchev–Trinajstić information content (AvgIpc) is 3.14. The molecule has 32 heavy (non-hydrogen) atoms. The summed E-state index contributed by atoms with van der Waals surface area (Å²) in [7, 11) is -0.873. The minimum absolute atomic E-state index is 0.440. The van der Waals surface area contributed by atoms with Crippen LogP contribution in [0, 0.1) is 0 Å². The predicted molar refractivity (Wildman–Crippen MR) is 142 cm³/mol. The van der Waals surface area contributed by atoms with Crippen LogP contribution in [0.25, 0.3) is 0 Å². The zero-order valence-electron chi connectivity index (χ0n) is 20.0. The number of thiazole rings is 1. The summed E-state index contributed by atoms with van der Waals surface area (Å²) in [5.41, 5.74) is 0.0138. The Morgan fingerprint density at radius 3 is 2.22 bits per heavy atom. The van der Waals surface area contributed by atoms with Gasteiger partial charge in [0.05, 0.1) is 33.1 Å². The molecule has 6 nitrogen and oxygen atoms in total. The van der Waals surface area contributed by atoms with E-state index >= 15 is 0 Å². The van der Waals surface area contributed by atoms with Gasteiger partial charge in [0.15, 0.2) is 0 Å². The molecule has 0 bridgehead atoms. The van der Waals surface area contributed by atoms with Crippen molar-refractivity contribution >= 4 is 53.8 Å². The van der Waals surface area contributed by atoms with E-state index in [4.69, 9.17) is 4.74 Å². The minimum Gasteiger partial charge on any atom is -0.497 e. The molecule has 2 aromatic rings. The Bertz CT molecular complexity index is 1060. The number of ether oxygens (including phenoxy) is 1. The Kier molecular flexibility index (Phi) is 8.44. The van der Waals surface area contributed by atoms with Crippen molar-refractivity contribution in [1.82, 2.24) is 14.0 Å². The predicted octanol–water partition coefficient (Wildman–Crippen LogP) is 4.72. The monoisotopic (exact) mass is 563 g/mol. The van der Waals surface area contributed by atoms with Crippen molar-refractivity contribution < 1.29 is 13.2 Å². The van der Waals surface area contributed by atoms with Crippen LogP contribution in [0.3, 0.4) is 0 Å². The highest BCUT2D eigenvalue weighted by atomic mass is 79.9. The Balaban J connectivity index is 2.49. The summed E-state index contributed by atoms with van der Waals surface area (Å²) < 4.78 is 37.0. The molecule has 0 fully saturated rings. The van der Waals surface area contributed by atoms with Gasteiger partial charge in [0, 0.05) is 21.6 Å². The van der Waals surface area contributed by atoms with Gasteiger partial charge < -0.3 is 4.74 Å². The zero-order valence-corrected chi connectivity index (χ0v) is 24.1. The first-order chi connectivity index (χ1) is 14.6. The molecule has 0 aliphatic carbocycles. The van der Waals surface area contributed by atoms with Gasteiger partial charge in [0.25, 0.3) is 0 Å². The van der Waals surface area contributed by atoms with Gasteiger partial charge in [-0.25, -0.2) is 18.2 Å². The van der Waals surface area contributed by atoms with E-state index in [2.05, 4.69) is 31.5 Å². The van der Waals surface area contributed by atoms with E-state index in [-0.39, 0.29) is 0 Å². The highest BCUT2D eigenvalue weighted by molar-refractivity contribution is 9.10. The van der Waals surface area contributed by atoms with Crippen LogP contribution in [0.15, 0.2) is 34.2 Å². The number of rotatable bonds is 9. The number of nitrogens with zero attached hydrogens (tertiary/aromatic N) is 2. The van der Waals surface area contributed by atoms with Crippen LogP contribution in [0.1, 0.15) is 52.1 Å². The van der Waals surface area contributed by atoms with E-state index in [1.165, 1.54) is 11.3 Å². The van der Waals surface area contributed by atoms with Crippen LogP contribution in [0.5, 0.6) is 5.75 Å². The molecule has 1 heterocycles. The maximum Gasteiger partial charge on any atom is 0.118 e. The molecule has 0 spiro atoms. The van der Waals surface area contributed by atoms with E-state index in [1.807, 2.05) is 71.2 Å². The fourth-order valence-corrected chi connectivity index (χ4v) is 7.72. The Morgan fingerprint density at radius 1 is 1.22 bits per heavy atom. The van der Waals surface area contributed by atoms with Crippen molar-refractivity contribution in [2.24, 2.45) is 0 Å². The van der Waals surface area contributed by atoms with Crippen LogP contribution < -0.4 is 9.46 Å². The third-order valence-electron chi connectivity index (χ3n) is 5.83. The maximum absolute atomic E-state index is 14.3. The van der Waals surface area contributed by atoms with E-state index < -0.39 is 35.7 Å². The lowest BCUT2D eigenvalue weighted by molar-refractivity contribution is 0.327. The molecule has 0 aliphatic rings. The molecule has 1 N–H and O–H groups in total. The first kappa shape index (κ1) is 27.5. The third kappa shape index (κ3) is 5.47. The van der Waals surface area contributed by atoms with Crippen LogP contribution >= 0.6 is 27.3 Å². The van der Waals surface area contributed by atoms with Gasteiger partial charge in [-0.1, -0.05) is 12.1 Å².